The average Bonchev–Trinajstić information content (AvgIpc) is 3.13. The highest BCUT2D eigenvalue weighted by atomic mass is 19.2. The Morgan fingerprint density at radius 2 is 1.91 bits per heavy atom. The monoisotopic (exact) mass is 437 g/mol. The number of halogens is 3. The van der Waals surface area contributed by atoms with E-state index in [1.54, 1.807) is 30.4 Å². The molecule has 1 aromatic carbocycles. The molecule has 0 spiro atoms. The molecule has 1 amide bonds. The molecule has 0 radical (unpaired) electrons. The van der Waals surface area contributed by atoms with Crippen LogP contribution in [0.25, 0.3) is 22.2 Å². The first kappa shape index (κ1) is 20.2. The number of aromatic nitrogens is 4. The van der Waals surface area contributed by atoms with Gasteiger partial charge in [-0.2, -0.15) is 5.10 Å². The molecule has 0 N–H and O–H groups in total. The molecule has 1 aliphatic heterocycles. The van der Waals surface area contributed by atoms with Crippen LogP contribution in [0.3, 0.4) is 0 Å². The van der Waals surface area contributed by atoms with Gasteiger partial charge >= 0.3 is 0 Å². The summed E-state index contributed by atoms with van der Waals surface area (Å²) in [6.45, 7) is 2.23. The van der Waals surface area contributed by atoms with E-state index in [2.05, 4.69) is 15.1 Å². The topological polar surface area (TPSA) is 63.9 Å². The van der Waals surface area contributed by atoms with E-state index in [4.69, 9.17) is 0 Å². The molecule has 3 aromatic heterocycles. The van der Waals surface area contributed by atoms with Crippen LogP contribution in [0.1, 0.15) is 34.6 Å². The van der Waals surface area contributed by atoms with Crippen LogP contribution in [0.2, 0.25) is 0 Å². The van der Waals surface area contributed by atoms with Crippen molar-refractivity contribution in [3.05, 3.63) is 77.1 Å². The number of pyridine rings is 2. The van der Waals surface area contributed by atoms with Gasteiger partial charge < -0.3 is 4.90 Å². The standard InChI is InChI=1S/C23H18F3N5O/c1-12-20-15(22(30(2)29-20)14-8-17(24)19(26)18(25)9-14)5-7-31(12)23(32)16-11-27-10-13-4-3-6-28-21(13)16/h3-4,6,8-12H,5,7H2,1-2H3/t12-/m0/s1. The van der Waals surface area contributed by atoms with Gasteiger partial charge in [-0.15, -0.1) is 0 Å². The Morgan fingerprint density at radius 1 is 1.16 bits per heavy atom. The highest BCUT2D eigenvalue weighted by Crippen LogP contribution is 2.37. The van der Waals surface area contributed by atoms with Gasteiger partial charge in [-0.1, -0.05) is 0 Å². The molecular weight excluding hydrogens is 419 g/mol. The van der Waals surface area contributed by atoms with Gasteiger partial charge in [0.2, 0.25) is 0 Å². The lowest BCUT2D eigenvalue weighted by atomic mass is 9.95. The number of aryl methyl sites for hydroxylation is 1. The van der Waals surface area contributed by atoms with Crippen molar-refractivity contribution in [1.82, 2.24) is 24.6 Å². The van der Waals surface area contributed by atoms with Gasteiger partial charge in [-0.3, -0.25) is 19.4 Å². The number of hydrogen-bond donors (Lipinski definition) is 0. The van der Waals surface area contributed by atoms with Crippen LogP contribution in [-0.4, -0.2) is 37.1 Å². The molecule has 0 unspecified atom stereocenters. The van der Waals surface area contributed by atoms with E-state index < -0.39 is 17.5 Å². The fraction of sp³-hybridized carbons (Fsp3) is 0.217. The Labute approximate surface area is 181 Å². The molecule has 4 heterocycles. The summed E-state index contributed by atoms with van der Waals surface area (Å²) >= 11 is 0. The summed E-state index contributed by atoms with van der Waals surface area (Å²) < 4.78 is 42.6. The van der Waals surface area contributed by atoms with E-state index in [-0.39, 0.29) is 17.5 Å². The molecule has 32 heavy (non-hydrogen) atoms. The molecule has 0 aliphatic carbocycles. The second kappa shape index (κ2) is 7.44. The summed E-state index contributed by atoms with van der Waals surface area (Å²) in [6.07, 6.45) is 5.22. The van der Waals surface area contributed by atoms with E-state index in [1.165, 1.54) is 10.9 Å². The second-order valence-corrected chi connectivity index (χ2v) is 7.78. The maximum Gasteiger partial charge on any atom is 0.258 e. The quantitative estimate of drug-likeness (QED) is 0.441. The summed E-state index contributed by atoms with van der Waals surface area (Å²) in [5.41, 5.74) is 3.09. The molecule has 0 fully saturated rings. The molecular formula is C23H18F3N5O. The maximum atomic E-state index is 13.8. The van der Waals surface area contributed by atoms with Gasteiger partial charge in [0.25, 0.3) is 5.91 Å². The second-order valence-electron chi connectivity index (χ2n) is 7.78. The summed E-state index contributed by atoms with van der Waals surface area (Å²) in [7, 11) is 1.66. The van der Waals surface area contributed by atoms with Crippen LogP contribution >= 0.6 is 0 Å². The minimum atomic E-state index is -1.51. The van der Waals surface area contributed by atoms with Crippen LogP contribution < -0.4 is 0 Å². The Hall–Kier alpha value is -3.75. The van der Waals surface area contributed by atoms with Crippen molar-refractivity contribution in [2.75, 3.05) is 6.54 Å². The highest BCUT2D eigenvalue weighted by Gasteiger charge is 2.34. The van der Waals surface area contributed by atoms with E-state index in [9.17, 15) is 18.0 Å². The molecule has 4 aromatic rings. The third-order valence-corrected chi connectivity index (χ3v) is 5.90. The molecule has 5 rings (SSSR count). The van der Waals surface area contributed by atoms with Crippen LogP contribution in [0.5, 0.6) is 0 Å². The Morgan fingerprint density at radius 3 is 2.66 bits per heavy atom. The lowest BCUT2D eigenvalue weighted by Gasteiger charge is -2.33. The minimum Gasteiger partial charge on any atom is -0.330 e. The normalized spacial score (nSPS) is 15.8. The molecule has 1 atom stereocenters. The van der Waals surface area contributed by atoms with Gasteiger partial charge in [0.05, 0.1) is 28.5 Å². The zero-order chi connectivity index (χ0) is 22.6. The van der Waals surface area contributed by atoms with Crippen LogP contribution in [0.4, 0.5) is 13.2 Å². The van der Waals surface area contributed by atoms with Gasteiger partial charge in [0, 0.05) is 48.7 Å². The minimum absolute atomic E-state index is 0.201. The van der Waals surface area contributed by atoms with Crippen molar-refractivity contribution >= 4 is 16.8 Å². The molecule has 0 bridgehead atoms. The lowest BCUT2D eigenvalue weighted by Crippen LogP contribution is -2.39. The first-order valence-electron chi connectivity index (χ1n) is 10.1. The van der Waals surface area contributed by atoms with Crippen LogP contribution in [0.15, 0.2) is 42.9 Å². The summed E-state index contributed by atoms with van der Waals surface area (Å²) in [5.74, 6) is -4.24. The zero-order valence-corrected chi connectivity index (χ0v) is 17.3. The first-order valence-corrected chi connectivity index (χ1v) is 10.1. The average molecular weight is 437 g/mol. The molecule has 162 valence electrons. The third kappa shape index (κ3) is 3.04. The summed E-state index contributed by atoms with van der Waals surface area (Å²) in [6, 6.07) is 5.16. The van der Waals surface area contributed by atoms with Crippen molar-refractivity contribution in [3.8, 4) is 11.3 Å². The first-order chi connectivity index (χ1) is 15.4. The molecule has 0 saturated carbocycles. The van der Waals surface area contributed by atoms with Crippen molar-refractivity contribution in [1.29, 1.82) is 0 Å². The third-order valence-electron chi connectivity index (χ3n) is 5.90. The number of fused-ring (bicyclic) bond motifs is 2. The smallest absolute Gasteiger partial charge is 0.258 e. The fourth-order valence-electron chi connectivity index (χ4n) is 4.39. The number of benzene rings is 1. The molecule has 9 heteroatoms. The van der Waals surface area contributed by atoms with Crippen LogP contribution in [0, 0.1) is 17.5 Å². The van der Waals surface area contributed by atoms with E-state index in [0.717, 1.165) is 23.1 Å². The van der Waals surface area contributed by atoms with Gasteiger partial charge in [-0.05, 0) is 37.6 Å². The van der Waals surface area contributed by atoms with Crippen LogP contribution in [-0.2, 0) is 13.5 Å². The van der Waals surface area contributed by atoms with Crippen molar-refractivity contribution in [2.45, 2.75) is 19.4 Å². The Kier molecular flexibility index (Phi) is 4.69. The Bertz CT molecular complexity index is 1360. The van der Waals surface area contributed by atoms with Gasteiger partial charge in [0.15, 0.2) is 17.5 Å². The SMILES string of the molecule is C[C@H]1c2nn(C)c(-c3cc(F)c(F)c(F)c3)c2CCN1C(=O)c1cncc2cccnc12. The highest BCUT2D eigenvalue weighted by molar-refractivity contribution is 6.05. The predicted octanol–water partition coefficient (Wildman–Crippen LogP) is 4.21. The van der Waals surface area contributed by atoms with E-state index >= 15 is 0 Å². The summed E-state index contributed by atoms with van der Waals surface area (Å²) in [5, 5.41) is 5.30. The maximum absolute atomic E-state index is 13.8. The largest absolute Gasteiger partial charge is 0.330 e. The van der Waals surface area contributed by atoms with E-state index in [1.807, 2.05) is 13.0 Å². The number of rotatable bonds is 2. The summed E-state index contributed by atoms with van der Waals surface area (Å²) in [4.78, 5) is 23.6. The zero-order valence-electron chi connectivity index (χ0n) is 17.3. The molecule has 0 saturated heterocycles. The number of carbonyl (C=O) groups is 1. The van der Waals surface area contributed by atoms with Gasteiger partial charge in [-0.25, -0.2) is 13.2 Å². The van der Waals surface area contributed by atoms with Crippen molar-refractivity contribution in [2.24, 2.45) is 7.05 Å². The van der Waals surface area contributed by atoms with Crippen molar-refractivity contribution < 1.29 is 18.0 Å². The number of carbonyl (C=O) groups excluding carboxylic acids is 1. The van der Waals surface area contributed by atoms with Gasteiger partial charge in [0.1, 0.15) is 0 Å². The number of hydrogen-bond acceptors (Lipinski definition) is 4. The van der Waals surface area contributed by atoms with Crippen molar-refractivity contribution in [3.63, 3.8) is 0 Å². The number of amides is 1. The fourth-order valence-corrected chi connectivity index (χ4v) is 4.39. The Balaban J connectivity index is 1.54. The molecule has 6 nitrogen and oxygen atoms in total. The number of nitrogens with zero attached hydrogens (tertiary/aromatic N) is 5. The predicted molar refractivity (Wildman–Crippen MR) is 111 cm³/mol. The lowest BCUT2D eigenvalue weighted by molar-refractivity contribution is 0.0675. The molecule has 1 aliphatic rings. The van der Waals surface area contributed by atoms with E-state index in [0.29, 0.717) is 35.4 Å².